The highest BCUT2D eigenvalue weighted by Gasteiger charge is 2.27. The molecule has 1 atom stereocenters. The van der Waals surface area contributed by atoms with Crippen LogP contribution in [0.3, 0.4) is 0 Å². The largest absolute Gasteiger partial charge is 0.384 e. The zero-order valence-electron chi connectivity index (χ0n) is 13.3. The van der Waals surface area contributed by atoms with E-state index in [4.69, 9.17) is 4.74 Å². The number of hydrogen-bond donors (Lipinski definition) is 1. The molecular weight excluding hydrogens is 264 g/mol. The molecule has 0 unspecified atom stereocenters. The van der Waals surface area contributed by atoms with Crippen LogP contribution in [0.5, 0.6) is 0 Å². The molecule has 1 aliphatic rings. The van der Waals surface area contributed by atoms with Crippen LogP contribution in [-0.4, -0.2) is 67.4 Å². The minimum absolute atomic E-state index is 0.691. The van der Waals surface area contributed by atoms with E-state index in [-0.39, 0.29) is 0 Å². The fourth-order valence-corrected chi connectivity index (χ4v) is 2.83. The van der Waals surface area contributed by atoms with Gasteiger partial charge in [0.05, 0.1) is 12.2 Å². The van der Waals surface area contributed by atoms with Crippen molar-refractivity contribution >= 4 is 0 Å². The molecule has 0 amide bonds. The summed E-state index contributed by atoms with van der Waals surface area (Å²) >= 11 is 0. The summed E-state index contributed by atoms with van der Waals surface area (Å²) in [5, 5.41) is 10.7. The van der Waals surface area contributed by atoms with E-state index in [1.54, 1.807) is 0 Å². The third-order valence-electron chi connectivity index (χ3n) is 4.15. The average molecular weight is 292 g/mol. The Morgan fingerprint density at radius 3 is 2.33 bits per heavy atom. The molecule has 0 aliphatic carbocycles. The Morgan fingerprint density at radius 1 is 1.10 bits per heavy atom. The molecule has 118 valence electrons. The molecule has 0 aromatic heterocycles. The van der Waals surface area contributed by atoms with Gasteiger partial charge in [-0.3, -0.25) is 9.80 Å². The molecule has 1 aromatic carbocycles. The van der Waals surface area contributed by atoms with Gasteiger partial charge in [-0.05, 0) is 19.4 Å². The minimum atomic E-state index is -0.783. The molecule has 2 rings (SSSR count). The van der Waals surface area contributed by atoms with Crippen molar-refractivity contribution < 1.29 is 9.84 Å². The second kappa shape index (κ2) is 7.90. The Kier molecular flexibility index (Phi) is 6.18. The molecule has 21 heavy (non-hydrogen) atoms. The fourth-order valence-electron chi connectivity index (χ4n) is 2.83. The van der Waals surface area contributed by atoms with E-state index in [0.717, 1.165) is 51.5 Å². The summed E-state index contributed by atoms with van der Waals surface area (Å²) in [4.78, 5) is 4.79. The first-order valence-electron chi connectivity index (χ1n) is 7.92. The number of β-amino-alcohol motifs (C(OH)–C–C–N with tert-alkyl or cyclic N) is 1. The zero-order chi connectivity index (χ0) is 15.1. The van der Waals surface area contributed by atoms with Gasteiger partial charge in [-0.15, -0.1) is 0 Å². The number of aliphatic hydroxyl groups is 1. The molecular formula is C17H28N2O2. The number of piperazine rings is 1. The fraction of sp³-hybridized carbons (Fsp3) is 0.647. The predicted molar refractivity (Wildman–Crippen MR) is 85.4 cm³/mol. The first-order chi connectivity index (χ1) is 10.1. The van der Waals surface area contributed by atoms with Crippen molar-refractivity contribution in [3.8, 4) is 0 Å². The van der Waals surface area contributed by atoms with Crippen molar-refractivity contribution in [3.05, 3.63) is 35.9 Å². The molecule has 0 saturated carbocycles. The van der Waals surface area contributed by atoms with Gasteiger partial charge >= 0.3 is 0 Å². The van der Waals surface area contributed by atoms with E-state index in [9.17, 15) is 5.11 Å². The lowest BCUT2D eigenvalue weighted by Crippen LogP contribution is -2.50. The first-order valence-corrected chi connectivity index (χ1v) is 7.92. The SMILES string of the molecule is CCOCCN1CCN(C[C@](C)(O)c2ccccc2)CC1. The van der Waals surface area contributed by atoms with Gasteiger partial charge < -0.3 is 9.84 Å². The maximum Gasteiger partial charge on any atom is 0.0994 e. The van der Waals surface area contributed by atoms with Crippen LogP contribution in [0.2, 0.25) is 0 Å². The van der Waals surface area contributed by atoms with Crippen molar-refractivity contribution in [2.75, 3.05) is 52.5 Å². The molecule has 1 fully saturated rings. The van der Waals surface area contributed by atoms with E-state index in [2.05, 4.69) is 9.80 Å². The molecule has 1 heterocycles. The lowest BCUT2D eigenvalue weighted by Gasteiger charge is -2.38. The van der Waals surface area contributed by atoms with Gasteiger partial charge in [0.2, 0.25) is 0 Å². The molecule has 0 spiro atoms. The summed E-state index contributed by atoms with van der Waals surface area (Å²) in [6.45, 7) is 11.4. The summed E-state index contributed by atoms with van der Waals surface area (Å²) in [5.41, 5.74) is 0.207. The third kappa shape index (κ3) is 5.08. The number of benzene rings is 1. The minimum Gasteiger partial charge on any atom is -0.384 e. The molecule has 1 saturated heterocycles. The van der Waals surface area contributed by atoms with Crippen LogP contribution in [0.1, 0.15) is 19.4 Å². The van der Waals surface area contributed by atoms with Gasteiger partial charge in [0.25, 0.3) is 0 Å². The van der Waals surface area contributed by atoms with Crippen LogP contribution < -0.4 is 0 Å². The van der Waals surface area contributed by atoms with Gasteiger partial charge in [0.1, 0.15) is 0 Å². The van der Waals surface area contributed by atoms with E-state index in [1.165, 1.54) is 0 Å². The summed E-state index contributed by atoms with van der Waals surface area (Å²) in [7, 11) is 0. The van der Waals surface area contributed by atoms with Crippen molar-refractivity contribution in [2.24, 2.45) is 0 Å². The van der Waals surface area contributed by atoms with Crippen LogP contribution >= 0.6 is 0 Å². The second-order valence-electron chi connectivity index (χ2n) is 5.95. The van der Waals surface area contributed by atoms with Crippen molar-refractivity contribution in [1.82, 2.24) is 9.80 Å². The van der Waals surface area contributed by atoms with Crippen molar-refractivity contribution in [1.29, 1.82) is 0 Å². The second-order valence-corrected chi connectivity index (χ2v) is 5.95. The Labute approximate surface area is 128 Å². The third-order valence-corrected chi connectivity index (χ3v) is 4.15. The van der Waals surface area contributed by atoms with Crippen molar-refractivity contribution in [3.63, 3.8) is 0 Å². The lowest BCUT2D eigenvalue weighted by molar-refractivity contribution is -0.00270. The zero-order valence-corrected chi connectivity index (χ0v) is 13.3. The summed E-state index contributed by atoms with van der Waals surface area (Å²) in [6.07, 6.45) is 0. The number of nitrogens with zero attached hydrogens (tertiary/aromatic N) is 2. The monoisotopic (exact) mass is 292 g/mol. The van der Waals surface area contributed by atoms with E-state index < -0.39 is 5.60 Å². The Bertz CT molecular complexity index is 401. The molecule has 4 heteroatoms. The quantitative estimate of drug-likeness (QED) is 0.774. The molecule has 1 N–H and O–H groups in total. The highest BCUT2D eigenvalue weighted by Crippen LogP contribution is 2.22. The Balaban J connectivity index is 1.78. The topological polar surface area (TPSA) is 35.9 Å². The van der Waals surface area contributed by atoms with Crippen LogP contribution in [0.25, 0.3) is 0 Å². The maximum absolute atomic E-state index is 10.7. The molecule has 4 nitrogen and oxygen atoms in total. The molecule has 1 aliphatic heterocycles. The van der Waals surface area contributed by atoms with E-state index in [0.29, 0.717) is 6.54 Å². The standard InChI is InChI=1S/C17H28N2O2/c1-3-21-14-13-18-9-11-19(12-10-18)15-17(2,20)16-7-5-4-6-8-16/h4-8,20H,3,9-15H2,1-2H3/t17-/m0/s1. The smallest absolute Gasteiger partial charge is 0.0994 e. The number of hydrogen-bond acceptors (Lipinski definition) is 4. The van der Waals surface area contributed by atoms with Crippen LogP contribution in [-0.2, 0) is 10.3 Å². The Hall–Kier alpha value is -0.940. The van der Waals surface area contributed by atoms with Crippen molar-refractivity contribution in [2.45, 2.75) is 19.4 Å². The molecule has 1 aromatic rings. The van der Waals surface area contributed by atoms with Crippen LogP contribution in [0.4, 0.5) is 0 Å². The van der Waals surface area contributed by atoms with E-state index in [1.807, 2.05) is 44.2 Å². The summed E-state index contributed by atoms with van der Waals surface area (Å²) in [5.74, 6) is 0. The average Bonchev–Trinajstić information content (AvgIpc) is 2.50. The first kappa shape index (κ1) is 16.4. The van der Waals surface area contributed by atoms with Crippen LogP contribution in [0.15, 0.2) is 30.3 Å². The summed E-state index contributed by atoms with van der Waals surface area (Å²) in [6, 6.07) is 9.94. The molecule has 0 bridgehead atoms. The molecule has 0 radical (unpaired) electrons. The lowest BCUT2D eigenvalue weighted by atomic mass is 9.95. The maximum atomic E-state index is 10.7. The van der Waals surface area contributed by atoms with Gasteiger partial charge in [-0.2, -0.15) is 0 Å². The van der Waals surface area contributed by atoms with Gasteiger partial charge in [-0.1, -0.05) is 30.3 Å². The van der Waals surface area contributed by atoms with Crippen LogP contribution in [0, 0.1) is 0 Å². The highest BCUT2D eigenvalue weighted by molar-refractivity contribution is 5.21. The predicted octanol–water partition coefficient (Wildman–Crippen LogP) is 1.55. The van der Waals surface area contributed by atoms with Gasteiger partial charge in [0.15, 0.2) is 0 Å². The number of ether oxygens (including phenoxy) is 1. The summed E-state index contributed by atoms with van der Waals surface area (Å²) < 4.78 is 5.41. The van der Waals surface area contributed by atoms with Gasteiger partial charge in [-0.25, -0.2) is 0 Å². The Morgan fingerprint density at radius 2 is 1.71 bits per heavy atom. The highest BCUT2D eigenvalue weighted by atomic mass is 16.5. The normalized spacial score (nSPS) is 20.3. The number of rotatable bonds is 7. The van der Waals surface area contributed by atoms with Gasteiger partial charge in [0, 0.05) is 45.9 Å². The van der Waals surface area contributed by atoms with E-state index >= 15 is 0 Å².